The molecule has 0 spiro atoms. The number of fused-ring (bicyclic) bond motifs is 3. The first kappa shape index (κ1) is 22.9. The monoisotopic (exact) mass is 486 g/mol. The van der Waals surface area contributed by atoms with E-state index in [-0.39, 0.29) is 18.4 Å². The summed E-state index contributed by atoms with van der Waals surface area (Å²) in [4.78, 5) is 39.3. The lowest BCUT2D eigenvalue weighted by atomic mass is 9.82. The van der Waals surface area contributed by atoms with E-state index >= 15 is 0 Å². The van der Waals surface area contributed by atoms with Crippen LogP contribution in [0.25, 0.3) is 21.8 Å². The number of nitrogens with zero attached hydrogens (tertiary/aromatic N) is 2. The van der Waals surface area contributed by atoms with Crippen molar-refractivity contribution in [2.45, 2.75) is 75.5 Å². The van der Waals surface area contributed by atoms with Crippen molar-refractivity contribution in [3.63, 3.8) is 0 Å². The van der Waals surface area contributed by atoms with Crippen LogP contribution in [-0.4, -0.2) is 32.7 Å². The van der Waals surface area contributed by atoms with E-state index in [0.29, 0.717) is 51.9 Å². The van der Waals surface area contributed by atoms with Crippen LogP contribution < -0.4 is 17.0 Å². The SMILES string of the molecule is Cc1onc2c1c(=O)n(C1CCC(OC(=O)C3(N)CCCCC3)(C(N)=O)C1)c1cccc(Cl)c21. The summed E-state index contributed by atoms with van der Waals surface area (Å²) in [5.41, 5.74) is 10.1. The predicted molar refractivity (Wildman–Crippen MR) is 126 cm³/mol. The first-order valence-corrected chi connectivity index (χ1v) is 12.0. The Morgan fingerprint density at radius 2 is 1.94 bits per heavy atom. The van der Waals surface area contributed by atoms with Crippen LogP contribution in [0.4, 0.5) is 0 Å². The summed E-state index contributed by atoms with van der Waals surface area (Å²) in [7, 11) is 0. The van der Waals surface area contributed by atoms with E-state index in [1.165, 1.54) is 0 Å². The molecule has 2 aliphatic carbocycles. The minimum absolute atomic E-state index is 0.0709. The van der Waals surface area contributed by atoms with Crippen molar-refractivity contribution in [2.75, 3.05) is 0 Å². The summed E-state index contributed by atoms with van der Waals surface area (Å²) in [6.45, 7) is 1.67. The molecule has 2 fully saturated rings. The lowest BCUT2D eigenvalue weighted by Gasteiger charge is -2.35. The number of halogens is 1. The van der Waals surface area contributed by atoms with Crippen molar-refractivity contribution >= 4 is 45.3 Å². The quantitative estimate of drug-likeness (QED) is 0.538. The zero-order valence-corrected chi connectivity index (χ0v) is 19.7. The number of ether oxygens (including phenoxy) is 1. The molecule has 4 N–H and O–H groups in total. The van der Waals surface area contributed by atoms with Gasteiger partial charge in [-0.05, 0) is 44.7 Å². The molecule has 2 heterocycles. The molecule has 5 rings (SSSR count). The highest BCUT2D eigenvalue weighted by molar-refractivity contribution is 6.37. The molecule has 2 aromatic heterocycles. The van der Waals surface area contributed by atoms with Crippen molar-refractivity contribution < 1.29 is 18.8 Å². The van der Waals surface area contributed by atoms with Crippen LogP contribution in [0.2, 0.25) is 5.02 Å². The average molecular weight is 487 g/mol. The first-order valence-electron chi connectivity index (χ1n) is 11.6. The second-order valence-electron chi connectivity index (χ2n) is 9.63. The van der Waals surface area contributed by atoms with Gasteiger partial charge < -0.3 is 25.3 Å². The molecule has 0 bridgehead atoms. The number of amides is 1. The molecule has 0 radical (unpaired) electrons. The third kappa shape index (κ3) is 3.41. The number of esters is 1. The van der Waals surface area contributed by atoms with Gasteiger partial charge in [0.25, 0.3) is 11.5 Å². The Balaban J connectivity index is 1.57. The number of hydrogen-bond acceptors (Lipinski definition) is 7. The molecule has 2 saturated carbocycles. The number of aryl methyl sites for hydroxylation is 1. The number of carbonyl (C=O) groups is 2. The number of aromatic nitrogens is 2. The smallest absolute Gasteiger partial charge is 0.327 e. The van der Waals surface area contributed by atoms with E-state index in [1.54, 1.807) is 29.7 Å². The van der Waals surface area contributed by atoms with Crippen LogP contribution in [0.5, 0.6) is 0 Å². The number of primary amides is 1. The van der Waals surface area contributed by atoms with Crippen LogP contribution in [0, 0.1) is 6.92 Å². The van der Waals surface area contributed by atoms with Crippen molar-refractivity contribution in [1.29, 1.82) is 0 Å². The van der Waals surface area contributed by atoms with E-state index in [9.17, 15) is 14.4 Å². The summed E-state index contributed by atoms with van der Waals surface area (Å²) >= 11 is 6.50. The number of carbonyl (C=O) groups excluding carboxylic acids is 2. The maximum atomic E-state index is 13.6. The van der Waals surface area contributed by atoms with Gasteiger partial charge in [0.15, 0.2) is 5.60 Å². The van der Waals surface area contributed by atoms with Gasteiger partial charge in [0.2, 0.25) is 0 Å². The molecule has 0 saturated heterocycles. The lowest BCUT2D eigenvalue weighted by Crippen LogP contribution is -2.55. The maximum Gasteiger partial charge on any atom is 0.327 e. The van der Waals surface area contributed by atoms with Crippen molar-refractivity contribution in [3.8, 4) is 0 Å². The first-order chi connectivity index (χ1) is 16.2. The number of hydrogen-bond donors (Lipinski definition) is 2. The lowest BCUT2D eigenvalue weighted by molar-refractivity contribution is -0.173. The Bertz CT molecular complexity index is 1370. The van der Waals surface area contributed by atoms with Gasteiger partial charge in [0.05, 0.1) is 10.5 Å². The van der Waals surface area contributed by atoms with Gasteiger partial charge in [-0.1, -0.05) is 42.1 Å². The third-order valence-corrected chi connectivity index (χ3v) is 7.80. The zero-order chi connectivity index (χ0) is 24.3. The highest BCUT2D eigenvalue weighted by atomic mass is 35.5. The molecule has 9 nitrogen and oxygen atoms in total. The van der Waals surface area contributed by atoms with Gasteiger partial charge in [0.1, 0.15) is 22.2 Å². The number of rotatable bonds is 4. The molecular formula is C24H27ClN4O5. The van der Waals surface area contributed by atoms with E-state index in [4.69, 9.17) is 32.3 Å². The molecule has 2 unspecified atom stereocenters. The minimum Gasteiger partial charge on any atom is -0.447 e. The number of benzene rings is 1. The van der Waals surface area contributed by atoms with Crippen molar-refractivity contribution in [3.05, 3.63) is 39.3 Å². The fourth-order valence-corrected chi connectivity index (χ4v) is 5.83. The Kier molecular flexibility index (Phi) is 5.44. The highest BCUT2D eigenvalue weighted by Crippen LogP contribution is 2.43. The summed E-state index contributed by atoms with van der Waals surface area (Å²) in [6, 6.07) is 4.79. The topological polar surface area (TPSA) is 143 Å². The van der Waals surface area contributed by atoms with E-state index in [2.05, 4.69) is 5.16 Å². The van der Waals surface area contributed by atoms with Crippen LogP contribution in [-0.2, 0) is 14.3 Å². The summed E-state index contributed by atoms with van der Waals surface area (Å²) in [5.74, 6) is -0.957. The standard InChI is InChI=1S/C24H27ClN4O5/c1-13-17-19(28-34-13)18-15(25)6-5-7-16(18)29(20(17)30)14-8-11-24(12-14,21(26)31)33-22(32)23(27)9-3-2-4-10-23/h5-7,14H,2-4,8-12,27H2,1H3,(H2,26,31). The molecule has 2 aliphatic rings. The molecular weight excluding hydrogens is 460 g/mol. The Morgan fingerprint density at radius 1 is 1.21 bits per heavy atom. The number of nitrogens with two attached hydrogens (primary N) is 2. The minimum atomic E-state index is -1.53. The molecule has 1 amide bonds. The predicted octanol–water partition coefficient (Wildman–Crippen LogP) is 3.26. The molecule has 180 valence electrons. The second kappa shape index (κ2) is 8.09. The summed E-state index contributed by atoms with van der Waals surface area (Å²) in [6.07, 6.45) is 4.37. The highest BCUT2D eigenvalue weighted by Gasteiger charge is 2.51. The summed E-state index contributed by atoms with van der Waals surface area (Å²) < 4.78 is 12.7. The van der Waals surface area contributed by atoms with Gasteiger partial charge >= 0.3 is 5.97 Å². The largest absolute Gasteiger partial charge is 0.447 e. The third-order valence-electron chi connectivity index (χ3n) is 7.48. The van der Waals surface area contributed by atoms with E-state index in [1.807, 2.05) is 0 Å². The number of pyridine rings is 1. The van der Waals surface area contributed by atoms with Gasteiger partial charge in [-0.3, -0.25) is 14.4 Å². The van der Waals surface area contributed by atoms with Crippen LogP contribution in [0.3, 0.4) is 0 Å². The summed E-state index contributed by atoms with van der Waals surface area (Å²) in [5, 5.41) is 5.41. The van der Waals surface area contributed by atoms with E-state index in [0.717, 1.165) is 19.3 Å². The van der Waals surface area contributed by atoms with Gasteiger partial charge in [-0.25, -0.2) is 0 Å². The Morgan fingerprint density at radius 3 is 2.65 bits per heavy atom. The Labute approximate surface area is 200 Å². The van der Waals surface area contributed by atoms with Crippen LogP contribution in [0.1, 0.15) is 63.2 Å². The maximum absolute atomic E-state index is 13.6. The van der Waals surface area contributed by atoms with Gasteiger partial charge in [0, 0.05) is 17.8 Å². The molecule has 2 atom stereocenters. The molecule has 34 heavy (non-hydrogen) atoms. The fourth-order valence-electron chi connectivity index (χ4n) is 5.57. The molecule has 3 aromatic rings. The van der Waals surface area contributed by atoms with Crippen LogP contribution in [0.15, 0.2) is 27.5 Å². The van der Waals surface area contributed by atoms with Crippen LogP contribution >= 0.6 is 11.6 Å². The van der Waals surface area contributed by atoms with Gasteiger partial charge in [-0.15, -0.1) is 0 Å². The average Bonchev–Trinajstić information content (AvgIpc) is 3.39. The molecule has 0 aliphatic heterocycles. The zero-order valence-electron chi connectivity index (χ0n) is 18.9. The second-order valence-corrected chi connectivity index (χ2v) is 10.0. The van der Waals surface area contributed by atoms with Crippen molar-refractivity contribution in [2.24, 2.45) is 11.5 Å². The fraction of sp³-hybridized carbons (Fsp3) is 0.500. The van der Waals surface area contributed by atoms with Gasteiger partial charge in [-0.2, -0.15) is 0 Å². The normalized spacial score (nSPS) is 24.5. The molecule has 1 aromatic carbocycles. The molecule has 10 heteroatoms. The van der Waals surface area contributed by atoms with Crippen molar-refractivity contribution in [1.82, 2.24) is 9.72 Å². The Hall–Kier alpha value is -2.91. The van der Waals surface area contributed by atoms with E-state index < -0.39 is 29.1 Å².